The number of aromatic carboxylic acids is 1. The van der Waals surface area contributed by atoms with Crippen LogP contribution in [0.3, 0.4) is 0 Å². The van der Waals surface area contributed by atoms with Crippen LogP contribution in [-0.2, 0) is 0 Å². The summed E-state index contributed by atoms with van der Waals surface area (Å²) in [4.78, 5) is 14.5. The zero-order valence-electron chi connectivity index (χ0n) is 15.6. The number of hydrogen-bond donors (Lipinski definition) is 2. The summed E-state index contributed by atoms with van der Waals surface area (Å²) in [6, 6.07) is 8.40. The van der Waals surface area contributed by atoms with E-state index in [1.165, 1.54) is 12.1 Å². The third-order valence-electron chi connectivity index (χ3n) is 4.79. The van der Waals surface area contributed by atoms with Gasteiger partial charge in [-0.3, -0.25) is 0 Å². The molecule has 0 aliphatic carbocycles. The van der Waals surface area contributed by atoms with Crippen LogP contribution in [0.1, 0.15) is 15.9 Å². The molecule has 0 saturated carbocycles. The van der Waals surface area contributed by atoms with Crippen molar-refractivity contribution in [3.05, 3.63) is 65.6 Å². The highest BCUT2D eigenvalue weighted by molar-refractivity contribution is 7.97. The first kappa shape index (κ1) is 18.6. The molecule has 5 nitrogen and oxygen atoms in total. The minimum atomic E-state index is -1.27. The van der Waals surface area contributed by atoms with Gasteiger partial charge < -0.3 is 15.3 Å². The SMILES string of the molecule is CN1C=CC(c2cc3c(cc2-c2ccc(F)c(C(=O)O)c2)SN(C)CN3)=CC1. The molecule has 2 aliphatic rings. The van der Waals surface area contributed by atoms with Crippen LogP contribution in [0.5, 0.6) is 0 Å². The Bertz CT molecular complexity index is 1020. The smallest absolute Gasteiger partial charge is 0.338 e. The second-order valence-corrected chi connectivity index (χ2v) is 8.11. The fourth-order valence-electron chi connectivity index (χ4n) is 3.30. The molecule has 2 heterocycles. The molecule has 0 unspecified atom stereocenters. The number of anilines is 1. The summed E-state index contributed by atoms with van der Waals surface area (Å²) in [6.07, 6.45) is 6.19. The summed E-state index contributed by atoms with van der Waals surface area (Å²) in [7, 11) is 4.00. The van der Waals surface area contributed by atoms with Crippen molar-refractivity contribution in [3.8, 4) is 11.1 Å². The third kappa shape index (κ3) is 3.50. The van der Waals surface area contributed by atoms with E-state index in [4.69, 9.17) is 0 Å². The lowest BCUT2D eigenvalue weighted by Gasteiger charge is -2.28. The molecule has 0 fully saturated rings. The molecule has 0 amide bonds. The first-order valence-electron chi connectivity index (χ1n) is 8.85. The van der Waals surface area contributed by atoms with E-state index >= 15 is 0 Å². The third-order valence-corrected chi connectivity index (χ3v) is 5.77. The molecule has 0 atom stereocenters. The number of nitrogens with one attached hydrogen (secondary N) is 1. The van der Waals surface area contributed by atoms with Crippen molar-refractivity contribution in [2.24, 2.45) is 0 Å². The van der Waals surface area contributed by atoms with E-state index in [0.29, 0.717) is 5.56 Å². The fraction of sp³-hybridized carbons (Fsp3) is 0.190. The molecule has 2 N–H and O–H groups in total. The van der Waals surface area contributed by atoms with Gasteiger partial charge in [0.25, 0.3) is 0 Å². The van der Waals surface area contributed by atoms with E-state index in [9.17, 15) is 14.3 Å². The number of carbonyl (C=O) groups is 1. The number of likely N-dealkylation sites (N-methyl/N-ethyl adjacent to an activating group) is 1. The minimum absolute atomic E-state index is 0.322. The summed E-state index contributed by atoms with van der Waals surface area (Å²) in [5, 5.41) is 12.7. The van der Waals surface area contributed by atoms with E-state index in [0.717, 1.165) is 40.5 Å². The first-order valence-corrected chi connectivity index (χ1v) is 9.63. The summed E-state index contributed by atoms with van der Waals surface area (Å²) in [6.45, 7) is 1.52. The lowest BCUT2D eigenvalue weighted by atomic mass is 9.92. The van der Waals surface area contributed by atoms with Crippen LogP contribution in [-0.4, -0.2) is 47.6 Å². The van der Waals surface area contributed by atoms with Gasteiger partial charge in [0.1, 0.15) is 5.82 Å². The summed E-state index contributed by atoms with van der Waals surface area (Å²) < 4.78 is 16.0. The van der Waals surface area contributed by atoms with Crippen LogP contribution in [0.15, 0.2) is 53.6 Å². The van der Waals surface area contributed by atoms with E-state index in [2.05, 4.69) is 26.7 Å². The number of carboxylic acids is 1. The first-order chi connectivity index (χ1) is 13.4. The second kappa shape index (κ2) is 7.33. The number of halogens is 1. The summed E-state index contributed by atoms with van der Waals surface area (Å²) >= 11 is 1.62. The quantitative estimate of drug-likeness (QED) is 0.751. The van der Waals surface area contributed by atoms with Gasteiger partial charge >= 0.3 is 5.97 Å². The largest absolute Gasteiger partial charge is 0.478 e. The summed E-state index contributed by atoms with van der Waals surface area (Å²) in [5.41, 5.74) is 4.32. The molecule has 7 heteroatoms. The van der Waals surface area contributed by atoms with Gasteiger partial charge in [0.2, 0.25) is 0 Å². The standard InChI is InChI=1S/C21H20FN3O2S/c1-24-7-5-13(6-8-24)15-10-19-20(28-25(2)12-23-19)11-16(15)14-3-4-18(22)17(9-14)21(26)27/h3-7,9-11,23H,8,12H2,1-2H3,(H,26,27). The van der Waals surface area contributed by atoms with E-state index in [1.807, 2.05) is 32.4 Å². The van der Waals surface area contributed by atoms with Crippen molar-refractivity contribution < 1.29 is 14.3 Å². The number of nitrogens with zero attached hydrogens (tertiary/aromatic N) is 2. The van der Waals surface area contributed by atoms with Crippen molar-refractivity contribution in [2.75, 3.05) is 32.6 Å². The Morgan fingerprint density at radius 2 is 2.04 bits per heavy atom. The average Bonchev–Trinajstić information content (AvgIpc) is 2.68. The fourth-order valence-corrected chi connectivity index (χ4v) is 4.17. The monoisotopic (exact) mass is 397 g/mol. The van der Waals surface area contributed by atoms with E-state index < -0.39 is 11.8 Å². The molecular formula is C21H20FN3O2S. The second-order valence-electron chi connectivity index (χ2n) is 6.86. The highest BCUT2D eigenvalue weighted by atomic mass is 32.2. The predicted molar refractivity (Wildman–Crippen MR) is 111 cm³/mol. The highest BCUT2D eigenvalue weighted by Gasteiger charge is 2.21. The molecule has 0 aromatic heterocycles. The molecule has 2 aromatic carbocycles. The van der Waals surface area contributed by atoms with Crippen LogP contribution in [0.4, 0.5) is 10.1 Å². The van der Waals surface area contributed by atoms with Gasteiger partial charge in [0.05, 0.1) is 17.9 Å². The van der Waals surface area contributed by atoms with Gasteiger partial charge in [0.15, 0.2) is 0 Å². The molecule has 0 saturated heterocycles. The number of allylic oxidation sites excluding steroid dienone is 2. The molecule has 0 radical (unpaired) electrons. The van der Waals surface area contributed by atoms with Crippen molar-refractivity contribution in [2.45, 2.75) is 4.90 Å². The van der Waals surface area contributed by atoms with Gasteiger partial charge in [-0.25, -0.2) is 13.5 Å². The summed E-state index contributed by atoms with van der Waals surface area (Å²) in [5.74, 6) is -2.00. The molecule has 0 spiro atoms. The van der Waals surface area contributed by atoms with Crippen molar-refractivity contribution in [1.29, 1.82) is 0 Å². The Labute approximate surface area is 167 Å². The maximum Gasteiger partial charge on any atom is 0.338 e. The maximum atomic E-state index is 13.9. The Hall–Kier alpha value is -2.77. The zero-order chi connectivity index (χ0) is 19.8. The number of fused-ring (bicyclic) bond motifs is 1. The molecule has 0 bridgehead atoms. The molecular weight excluding hydrogens is 377 g/mol. The lowest BCUT2D eigenvalue weighted by Crippen LogP contribution is -2.23. The van der Waals surface area contributed by atoms with Gasteiger partial charge in [0, 0.05) is 18.5 Å². The molecule has 2 aliphatic heterocycles. The van der Waals surface area contributed by atoms with Gasteiger partial charge in [-0.1, -0.05) is 12.1 Å². The number of hydrogen-bond acceptors (Lipinski definition) is 5. The topological polar surface area (TPSA) is 55.8 Å². The van der Waals surface area contributed by atoms with E-state index in [1.54, 1.807) is 18.0 Å². The van der Waals surface area contributed by atoms with Crippen molar-refractivity contribution >= 4 is 29.2 Å². The normalized spacial score (nSPS) is 16.4. The van der Waals surface area contributed by atoms with Gasteiger partial charge in [-0.15, -0.1) is 0 Å². The Morgan fingerprint density at radius 1 is 1.21 bits per heavy atom. The van der Waals surface area contributed by atoms with E-state index in [-0.39, 0.29) is 5.56 Å². The molecule has 2 aromatic rings. The Balaban J connectivity index is 1.90. The van der Waals surface area contributed by atoms with Crippen LogP contribution in [0.25, 0.3) is 16.7 Å². The number of benzene rings is 2. The predicted octanol–water partition coefficient (Wildman–Crippen LogP) is 4.36. The van der Waals surface area contributed by atoms with Crippen LogP contribution >= 0.6 is 11.9 Å². The Kier molecular flexibility index (Phi) is 4.87. The maximum absolute atomic E-state index is 13.9. The van der Waals surface area contributed by atoms with Crippen LogP contribution in [0, 0.1) is 5.82 Å². The number of rotatable bonds is 3. The Morgan fingerprint density at radius 3 is 2.75 bits per heavy atom. The van der Waals surface area contributed by atoms with Crippen LogP contribution in [0.2, 0.25) is 0 Å². The molecule has 28 heavy (non-hydrogen) atoms. The number of carboxylic acid groups (broad SMARTS) is 1. The highest BCUT2D eigenvalue weighted by Crippen LogP contribution is 2.41. The lowest BCUT2D eigenvalue weighted by molar-refractivity contribution is 0.0692. The zero-order valence-corrected chi connectivity index (χ0v) is 16.4. The average molecular weight is 397 g/mol. The van der Waals surface area contributed by atoms with Crippen LogP contribution < -0.4 is 5.32 Å². The van der Waals surface area contributed by atoms with Crippen molar-refractivity contribution in [1.82, 2.24) is 9.21 Å². The van der Waals surface area contributed by atoms with Crippen molar-refractivity contribution in [3.63, 3.8) is 0 Å². The van der Waals surface area contributed by atoms with Gasteiger partial charge in [-0.05, 0) is 77.8 Å². The van der Waals surface area contributed by atoms with Gasteiger partial charge in [-0.2, -0.15) is 0 Å². The minimum Gasteiger partial charge on any atom is -0.478 e. The molecule has 4 rings (SSSR count). The molecule has 144 valence electrons.